The van der Waals surface area contributed by atoms with Crippen LogP contribution in [-0.2, 0) is 6.54 Å². The van der Waals surface area contributed by atoms with E-state index in [1.807, 2.05) is 29.2 Å². The van der Waals surface area contributed by atoms with Gasteiger partial charge in [0.1, 0.15) is 5.75 Å². The number of pyridine rings is 1. The molecular formula is C17H13N3O3. The van der Waals surface area contributed by atoms with Crippen molar-refractivity contribution in [2.75, 3.05) is 0 Å². The quantitative estimate of drug-likeness (QED) is 0.809. The molecule has 2 aliphatic rings. The van der Waals surface area contributed by atoms with E-state index in [1.54, 1.807) is 30.9 Å². The molecule has 2 aromatic rings. The molecule has 0 bridgehead atoms. The number of ether oxygens (including phenoxy) is 1. The Morgan fingerprint density at radius 3 is 3.09 bits per heavy atom. The van der Waals surface area contributed by atoms with Gasteiger partial charge in [-0.1, -0.05) is 6.07 Å². The lowest BCUT2D eigenvalue weighted by molar-refractivity contribution is 0.173. The molecule has 6 heteroatoms. The Balaban J connectivity index is 1.76. The number of hydrogen-bond acceptors (Lipinski definition) is 4. The summed E-state index contributed by atoms with van der Waals surface area (Å²) in [5.74, 6) is 0.773. The molecule has 4 rings (SSSR count). The summed E-state index contributed by atoms with van der Waals surface area (Å²) in [6.07, 6.45) is 8.85. The second-order valence-corrected chi connectivity index (χ2v) is 5.25. The van der Waals surface area contributed by atoms with Crippen molar-refractivity contribution in [2.45, 2.75) is 6.54 Å². The number of rotatable bonds is 0. The van der Waals surface area contributed by atoms with Crippen LogP contribution in [0.4, 0.5) is 4.79 Å². The first-order valence-electron chi connectivity index (χ1n) is 7.10. The number of fused-ring (bicyclic) bond motifs is 3. The number of benzene rings is 1. The van der Waals surface area contributed by atoms with Crippen molar-refractivity contribution in [1.29, 1.82) is 0 Å². The van der Waals surface area contributed by atoms with Gasteiger partial charge in [0.25, 0.3) is 0 Å². The smallest absolute Gasteiger partial charge is 0.415 e. The molecule has 0 aliphatic carbocycles. The predicted octanol–water partition coefficient (Wildman–Crippen LogP) is 3.25. The fraction of sp³-hybridized carbons (Fsp3) is 0.0588. The summed E-state index contributed by atoms with van der Waals surface area (Å²) in [5.41, 5.74) is 2.62. The van der Waals surface area contributed by atoms with Crippen molar-refractivity contribution in [3.63, 3.8) is 0 Å². The molecule has 0 atom stereocenters. The van der Waals surface area contributed by atoms with Gasteiger partial charge in [0, 0.05) is 35.7 Å². The fourth-order valence-electron chi connectivity index (χ4n) is 2.64. The molecule has 0 radical (unpaired) electrons. The summed E-state index contributed by atoms with van der Waals surface area (Å²) in [6, 6.07) is 7.85. The van der Waals surface area contributed by atoms with Crippen molar-refractivity contribution in [2.24, 2.45) is 0 Å². The van der Waals surface area contributed by atoms with Gasteiger partial charge in [0.15, 0.2) is 0 Å². The number of aromatic nitrogens is 1. The van der Waals surface area contributed by atoms with E-state index in [0.29, 0.717) is 6.54 Å². The van der Waals surface area contributed by atoms with Gasteiger partial charge in [-0.25, -0.2) is 4.79 Å². The van der Waals surface area contributed by atoms with E-state index in [9.17, 15) is 4.79 Å². The molecule has 1 N–H and O–H groups in total. The summed E-state index contributed by atoms with van der Waals surface area (Å²) in [6.45, 7) is 0.571. The van der Waals surface area contributed by atoms with Crippen molar-refractivity contribution >= 4 is 17.0 Å². The Morgan fingerprint density at radius 1 is 1.30 bits per heavy atom. The van der Waals surface area contributed by atoms with Crippen LogP contribution in [0.2, 0.25) is 0 Å². The van der Waals surface area contributed by atoms with Crippen molar-refractivity contribution in [3.8, 4) is 5.75 Å². The molecule has 3 heterocycles. The molecule has 6 nitrogen and oxygen atoms in total. The van der Waals surface area contributed by atoms with Crippen LogP contribution in [-0.4, -0.2) is 26.0 Å². The van der Waals surface area contributed by atoms with E-state index < -0.39 is 6.09 Å². The third-order valence-electron chi connectivity index (χ3n) is 3.79. The summed E-state index contributed by atoms with van der Waals surface area (Å²) in [7, 11) is 0. The number of hydrogen-bond donors (Lipinski definition) is 1. The van der Waals surface area contributed by atoms with Crippen LogP contribution in [0.25, 0.3) is 10.9 Å². The molecule has 1 aromatic heterocycles. The number of carbonyl (C=O) groups is 1. The van der Waals surface area contributed by atoms with Crippen molar-refractivity contribution < 1.29 is 14.6 Å². The summed E-state index contributed by atoms with van der Waals surface area (Å²) >= 11 is 0. The lowest BCUT2D eigenvalue weighted by atomic mass is 10.1. The van der Waals surface area contributed by atoms with E-state index in [2.05, 4.69) is 4.98 Å². The summed E-state index contributed by atoms with van der Waals surface area (Å²) < 4.78 is 5.72. The minimum atomic E-state index is -1.03. The van der Waals surface area contributed by atoms with Crippen molar-refractivity contribution in [3.05, 3.63) is 72.7 Å². The molecule has 0 unspecified atom stereocenters. The summed E-state index contributed by atoms with van der Waals surface area (Å²) in [5, 5.41) is 10.1. The molecule has 1 amide bonds. The Labute approximate surface area is 132 Å². The average Bonchev–Trinajstić information content (AvgIpc) is 2.54. The highest BCUT2D eigenvalue weighted by atomic mass is 16.5. The Morgan fingerprint density at radius 2 is 2.22 bits per heavy atom. The third-order valence-corrected chi connectivity index (χ3v) is 3.79. The SMILES string of the molecule is O=C(O)N1C=CN2Cc3cc4ncccc4cc3OC=CC2=C1. The van der Waals surface area contributed by atoms with Gasteiger partial charge in [-0.05, 0) is 24.3 Å². The Bertz CT molecular complexity index is 886. The second kappa shape index (κ2) is 5.17. The highest BCUT2D eigenvalue weighted by molar-refractivity contribution is 5.81. The normalized spacial score (nSPS) is 16.1. The van der Waals surface area contributed by atoms with Crippen LogP contribution in [0.15, 0.2) is 67.1 Å². The number of nitrogens with zero attached hydrogens (tertiary/aromatic N) is 3. The van der Waals surface area contributed by atoms with Gasteiger partial charge in [-0.15, -0.1) is 0 Å². The number of amides is 1. The lowest BCUT2D eigenvalue weighted by Gasteiger charge is -2.29. The molecule has 23 heavy (non-hydrogen) atoms. The molecule has 0 fully saturated rings. The zero-order valence-corrected chi connectivity index (χ0v) is 12.1. The molecule has 0 saturated heterocycles. The first-order chi connectivity index (χ1) is 11.2. The average molecular weight is 307 g/mol. The van der Waals surface area contributed by atoms with Gasteiger partial charge >= 0.3 is 6.09 Å². The summed E-state index contributed by atoms with van der Waals surface area (Å²) in [4.78, 5) is 18.5. The minimum Gasteiger partial charge on any atom is -0.465 e. The van der Waals surface area contributed by atoms with E-state index in [1.165, 1.54) is 6.20 Å². The van der Waals surface area contributed by atoms with Gasteiger partial charge in [0.05, 0.1) is 24.0 Å². The maximum absolute atomic E-state index is 11.1. The van der Waals surface area contributed by atoms with E-state index in [0.717, 1.165) is 32.8 Å². The van der Waals surface area contributed by atoms with Gasteiger partial charge < -0.3 is 14.7 Å². The van der Waals surface area contributed by atoms with Crippen LogP contribution in [0, 0.1) is 0 Å². The molecule has 0 saturated carbocycles. The van der Waals surface area contributed by atoms with E-state index in [4.69, 9.17) is 9.84 Å². The fourth-order valence-corrected chi connectivity index (χ4v) is 2.64. The highest BCUT2D eigenvalue weighted by Crippen LogP contribution is 2.30. The van der Waals surface area contributed by atoms with E-state index >= 15 is 0 Å². The predicted molar refractivity (Wildman–Crippen MR) is 84.1 cm³/mol. The van der Waals surface area contributed by atoms with Crippen molar-refractivity contribution in [1.82, 2.24) is 14.8 Å². The Hall–Kier alpha value is -3.28. The first kappa shape index (κ1) is 13.4. The zero-order valence-electron chi connectivity index (χ0n) is 12.1. The monoisotopic (exact) mass is 307 g/mol. The maximum atomic E-state index is 11.1. The molecular weight excluding hydrogens is 294 g/mol. The van der Waals surface area contributed by atoms with Gasteiger partial charge in [-0.2, -0.15) is 0 Å². The highest BCUT2D eigenvalue weighted by Gasteiger charge is 2.19. The number of carboxylic acid groups (broad SMARTS) is 1. The standard InChI is InChI=1S/C17H13N3O3/c21-17(22)20-6-5-19-10-13-8-15-12(2-1-4-18-15)9-16(13)23-7-3-14(19)11-20/h1-9,11H,10H2,(H,21,22). The molecule has 2 aliphatic heterocycles. The van der Waals surface area contributed by atoms with Gasteiger partial charge in [-0.3, -0.25) is 9.88 Å². The number of allylic oxidation sites excluding steroid dienone is 1. The van der Waals surface area contributed by atoms with Crippen LogP contribution in [0.3, 0.4) is 0 Å². The Kier molecular flexibility index (Phi) is 3.01. The largest absolute Gasteiger partial charge is 0.465 e. The molecule has 0 spiro atoms. The van der Waals surface area contributed by atoms with E-state index in [-0.39, 0.29) is 0 Å². The third kappa shape index (κ3) is 2.40. The van der Waals surface area contributed by atoms with Crippen LogP contribution in [0.1, 0.15) is 5.56 Å². The van der Waals surface area contributed by atoms with Gasteiger partial charge in [0.2, 0.25) is 0 Å². The molecule has 1 aromatic carbocycles. The zero-order chi connectivity index (χ0) is 15.8. The van der Waals surface area contributed by atoms with Crippen LogP contribution >= 0.6 is 0 Å². The van der Waals surface area contributed by atoms with Crippen LogP contribution < -0.4 is 4.74 Å². The van der Waals surface area contributed by atoms with Crippen LogP contribution in [0.5, 0.6) is 5.75 Å². The lowest BCUT2D eigenvalue weighted by Crippen LogP contribution is -2.27. The first-order valence-corrected chi connectivity index (χ1v) is 7.10. The second-order valence-electron chi connectivity index (χ2n) is 5.25. The molecule has 114 valence electrons. The topological polar surface area (TPSA) is 65.9 Å². The minimum absolute atomic E-state index is 0.571. The maximum Gasteiger partial charge on any atom is 0.415 e.